The van der Waals surface area contributed by atoms with Crippen molar-refractivity contribution >= 4 is 11.7 Å². The predicted octanol–water partition coefficient (Wildman–Crippen LogP) is 4.34. The van der Waals surface area contributed by atoms with Crippen LogP contribution in [-0.2, 0) is 4.79 Å². The van der Waals surface area contributed by atoms with E-state index >= 15 is 0 Å². The number of methoxy groups -OCH3 is 2. The van der Waals surface area contributed by atoms with Gasteiger partial charge in [-0.15, -0.1) is 0 Å². The van der Waals surface area contributed by atoms with Crippen molar-refractivity contribution in [2.24, 2.45) is 0 Å². The molecule has 1 saturated heterocycles. The first-order chi connectivity index (χ1) is 13.5. The van der Waals surface area contributed by atoms with Gasteiger partial charge >= 0.3 is 0 Å². The van der Waals surface area contributed by atoms with E-state index in [0.717, 1.165) is 35.5 Å². The van der Waals surface area contributed by atoms with Crippen LogP contribution in [0.1, 0.15) is 53.2 Å². The Morgan fingerprint density at radius 3 is 2.46 bits per heavy atom. The highest BCUT2D eigenvalue weighted by Gasteiger charge is 2.32. The van der Waals surface area contributed by atoms with Gasteiger partial charge in [0.15, 0.2) is 5.78 Å². The summed E-state index contributed by atoms with van der Waals surface area (Å²) in [5.41, 5.74) is 2.73. The quantitative estimate of drug-likeness (QED) is 0.670. The van der Waals surface area contributed by atoms with Crippen molar-refractivity contribution in [2.75, 3.05) is 20.8 Å². The van der Waals surface area contributed by atoms with Crippen molar-refractivity contribution in [1.82, 2.24) is 4.90 Å². The summed E-state index contributed by atoms with van der Waals surface area (Å²) in [6, 6.07) is 13.1. The first kappa shape index (κ1) is 19.9. The Morgan fingerprint density at radius 1 is 1.04 bits per heavy atom. The van der Waals surface area contributed by atoms with Gasteiger partial charge in [-0.25, -0.2) is 0 Å². The maximum absolute atomic E-state index is 12.9. The number of Topliss-reactive ketones (excluding diaryl/α,β-unsaturated/α-hetero) is 1. The molecule has 2 aromatic rings. The molecule has 1 aliphatic heterocycles. The number of carbonyl (C=O) groups is 2. The Kier molecular flexibility index (Phi) is 6.34. The number of benzene rings is 2. The number of rotatable bonds is 7. The third-order valence-electron chi connectivity index (χ3n) is 5.31. The molecule has 5 nitrogen and oxygen atoms in total. The Morgan fingerprint density at radius 2 is 1.79 bits per heavy atom. The third kappa shape index (κ3) is 4.35. The molecule has 1 fully saturated rings. The summed E-state index contributed by atoms with van der Waals surface area (Å²) in [6.07, 6.45) is 2.25. The zero-order valence-electron chi connectivity index (χ0n) is 16.7. The highest BCUT2D eigenvalue weighted by atomic mass is 16.5. The molecule has 2 aromatic carbocycles. The van der Waals surface area contributed by atoms with Crippen molar-refractivity contribution < 1.29 is 19.1 Å². The van der Waals surface area contributed by atoms with Gasteiger partial charge in [0.1, 0.15) is 11.5 Å². The fourth-order valence-corrected chi connectivity index (χ4v) is 3.74. The number of hydrogen-bond acceptors (Lipinski definition) is 4. The molecule has 28 heavy (non-hydrogen) atoms. The first-order valence-corrected chi connectivity index (χ1v) is 9.64. The number of aryl methyl sites for hydroxylation is 1. The number of carbonyl (C=O) groups excluding carboxylic acids is 2. The number of nitrogens with zero attached hydrogens (tertiary/aromatic N) is 1. The lowest BCUT2D eigenvalue weighted by Gasteiger charge is -2.26. The number of hydrogen-bond donors (Lipinski definition) is 0. The Hall–Kier alpha value is -2.82. The van der Waals surface area contributed by atoms with Crippen LogP contribution in [0.4, 0.5) is 0 Å². The summed E-state index contributed by atoms with van der Waals surface area (Å²) < 4.78 is 10.8. The monoisotopic (exact) mass is 381 g/mol. The van der Waals surface area contributed by atoms with Gasteiger partial charge in [0.25, 0.3) is 0 Å². The van der Waals surface area contributed by atoms with Gasteiger partial charge in [0, 0.05) is 30.5 Å². The Balaban J connectivity index is 1.69. The molecule has 1 atom stereocenters. The highest BCUT2D eigenvalue weighted by molar-refractivity contribution is 5.98. The molecular formula is C23H27NO4. The number of likely N-dealkylation sites (tertiary alicyclic amines) is 1. The van der Waals surface area contributed by atoms with Crippen LogP contribution in [0, 0.1) is 6.92 Å². The standard InChI is InChI=1S/C23H27NO4/c1-16-6-8-17(9-7-16)21(25)11-13-23(26)24-14-4-5-20(24)19-15-18(27-2)10-12-22(19)28-3/h6-10,12,15,20H,4-5,11,13-14H2,1-3H3. The third-order valence-corrected chi connectivity index (χ3v) is 5.31. The minimum absolute atomic E-state index is 0.00283. The summed E-state index contributed by atoms with van der Waals surface area (Å²) in [7, 11) is 3.26. The Labute approximate surface area is 166 Å². The van der Waals surface area contributed by atoms with Crippen LogP contribution in [0.15, 0.2) is 42.5 Å². The van der Waals surface area contributed by atoms with Crippen LogP contribution in [0.3, 0.4) is 0 Å². The van der Waals surface area contributed by atoms with E-state index in [0.29, 0.717) is 12.1 Å². The fraction of sp³-hybridized carbons (Fsp3) is 0.391. The van der Waals surface area contributed by atoms with Crippen molar-refractivity contribution in [1.29, 1.82) is 0 Å². The molecule has 0 aliphatic carbocycles. The van der Waals surface area contributed by atoms with Gasteiger partial charge in [-0.1, -0.05) is 29.8 Å². The molecule has 3 rings (SSSR count). The number of amides is 1. The summed E-state index contributed by atoms with van der Waals surface area (Å²) in [6.45, 7) is 2.68. The minimum atomic E-state index is -0.0490. The molecule has 5 heteroatoms. The SMILES string of the molecule is COc1ccc(OC)c(C2CCCN2C(=O)CCC(=O)c2ccc(C)cc2)c1. The molecule has 1 heterocycles. The summed E-state index contributed by atoms with van der Waals surface area (Å²) >= 11 is 0. The average Bonchev–Trinajstić information content (AvgIpc) is 3.21. The molecule has 0 aromatic heterocycles. The zero-order valence-corrected chi connectivity index (χ0v) is 16.7. The topological polar surface area (TPSA) is 55.8 Å². The van der Waals surface area contributed by atoms with E-state index in [-0.39, 0.29) is 30.6 Å². The van der Waals surface area contributed by atoms with Crippen LogP contribution in [0.5, 0.6) is 11.5 Å². The normalized spacial score (nSPS) is 16.1. The van der Waals surface area contributed by atoms with E-state index < -0.39 is 0 Å². The van der Waals surface area contributed by atoms with E-state index in [2.05, 4.69) is 0 Å². The molecule has 148 valence electrons. The van der Waals surface area contributed by atoms with Crippen molar-refractivity contribution in [2.45, 2.75) is 38.6 Å². The lowest BCUT2D eigenvalue weighted by molar-refractivity contribution is -0.132. The largest absolute Gasteiger partial charge is 0.497 e. The predicted molar refractivity (Wildman–Crippen MR) is 108 cm³/mol. The van der Waals surface area contributed by atoms with Gasteiger partial charge in [-0.2, -0.15) is 0 Å². The second kappa shape index (κ2) is 8.91. The molecule has 0 spiro atoms. The number of ether oxygens (including phenoxy) is 2. The van der Waals surface area contributed by atoms with Gasteiger partial charge in [0.2, 0.25) is 5.91 Å². The molecule has 1 amide bonds. The second-order valence-corrected chi connectivity index (χ2v) is 7.14. The lowest BCUT2D eigenvalue weighted by atomic mass is 10.0. The van der Waals surface area contributed by atoms with Crippen molar-refractivity contribution in [3.8, 4) is 11.5 Å². The van der Waals surface area contributed by atoms with Crippen LogP contribution >= 0.6 is 0 Å². The number of ketones is 1. The van der Waals surface area contributed by atoms with E-state index in [1.54, 1.807) is 14.2 Å². The molecular weight excluding hydrogens is 354 g/mol. The first-order valence-electron chi connectivity index (χ1n) is 9.64. The minimum Gasteiger partial charge on any atom is -0.497 e. The van der Waals surface area contributed by atoms with Crippen molar-refractivity contribution in [3.05, 3.63) is 59.2 Å². The van der Waals surface area contributed by atoms with E-state index in [1.165, 1.54) is 0 Å². The van der Waals surface area contributed by atoms with Gasteiger partial charge in [-0.05, 0) is 38.0 Å². The Bertz CT molecular complexity index is 844. The molecule has 0 N–H and O–H groups in total. The lowest BCUT2D eigenvalue weighted by Crippen LogP contribution is -2.31. The maximum atomic E-state index is 12.9. The molecule has 1 aliphatic rings. The maximum Gasteiger partial charge on any atom is 0.223 e. The van der Waals surface area contributed by atoms with E-state index in [4.69, 9.17) is 9.47 Å². The highest BCUT2D eigenvalue weighted by Crippen LogP contribution is 2.39. The molecule has 0 radical (unpaired) electrons. The van der Waals surface area contributed by atoms with Crippen molar-refractivity contribution in [3.63, 3.8) is 0 Å². The van der Waals surface area contributed by atoms with Gasteiger partial charge in [0.05, 0.1) is 20.3 Å². The van der Waals surface area contributed by atoms with Gasteiger partial charge < -0.3 is 14.4 Å². The summed E-state index contributed by atoms with van der Waals surface area (Å²) in [5, 5.41) is 0. The fourth-order valence-electron chi connectivity index (χ4n) is 3.74. The zero-order chi connectivity index (χ0) is 20.1. The van der Waals surface area contributed by atoms with Crippen LogP contribution in [0.25, 0.3) is 0 Å². The van der Waals surface area contributed by atoms with E-state index in [9.17, 15) is 9.59 Å². The second-order valence-electron chi connectivity index (χ2n) is 7.14. The van der Waals surface area contributed by atoms with Crippen LogP contribution in [-0.4, -0.2) is 37.4 Å². The summed E-state index contributed by atoms with van der Waals surface area (Å²) in [4.78, 5) is 27.2. The molecule has 1 unspecified atom stereocenters. The smallest absolute Gasteiger partial charge is 0.223 e. The molecule has 0 saturated carbocycles. The average molecular weight is 381 g/mol. The van der Waals surface area contributed by atoms with Crippen LogP contribution in [0.2, 0.25) is 0 Å². The molecule has 0 bridgehead atoms. The van der Waals surface area contributed by atoms with Crippen LogP contribution < -0.4 is 9.47 Å². The summed E-state index contributed by atoms with van der Waals surface area (Å²) in [5.74, 6) is 1.50. The van der Waals surface area contributed by atoms with Gasteiger partial charge in [-0.3, -0.25) is 9.59 Å². The van der Waals surface area contributed by atoms with E-state index in [1.807, 2.05) is 54.3 Å².